The van der Waals surface area contributed by atoms with Gasteiger partial charge in [0.05, 0.1) is 16.7 Å². The number of hydrogen-bond acceptors (Lipinski definition) is 3. The number of aromatic hydroxyl groups is 1. The first-order chi connectivity index (χ1) is 27.9. The van der Waals surface area contributed by atoms with Crippen molar-refractivity contribution in [3.63, 3.8) is 0 Å². The molecule has 0 aliphatic carbocycles. The van der Waals surface area contributed by atoms with Gasteiger partial charge in [-0.15, -0.1) is 24.3 Å². The van der Waals surface area contributed by atoms with Crippen molar-refractivity contribution in [2.24, 2.45) is 0 Å². The summed E-state index contributed by atoms with van der Waals surface area (Å²) in [6.07, 6.45) is 1.96. The Bertz CT molecular complexity index is 2940. The quantitative estimate of drug-likeness (QED) is 0.169. The summed E-state index contributed by atoms with van der Waals surface area (Å²) in [6.45, 7) is 13.6. The first-order valence-electron chi connectivity index (χ1n) is 20.0. The van der Waals surface area contributed by atoms with Crippen molar-refractivity contribution in [3.05, 3.63) is 181 Å². The molecule has 9 rings (SSSR count). The van der Waals surface area contributed by atoms with Crippen molar-refractivity contribution >= 4 is 21.8 Å². The van der Waals surface area contributed by atoms with Crippen LogP contribution in [-0.4, -0.2) is 19.6 Å². The predicted octanol–water partition coefficient (Wildman–Crippen LogP) is 14.0. The number of benzene rings is 6. The van der Waals surface area contributed by atoms with Gasteiger partial charge in [0.2, 0.25) is 0 Å². The zero-order valence-corrected chi connectivity index (χ0v) is 36.5. The molecule has 0 spiro atoms. The molecule has 294 valence electrons. The Morgan fingerprint density at radius 2 is 1.10 bits per heavy atom. The number of nitrogens with zero attached hydrogens (tertiary/aromatic N) is 3. The van der Waals surface area contributed by atoms with Gasteiger partial charge in [-0.25, -0.2) is 0 Å². The van der Waals surface area contributed by atoms with E-state index in [9.17, 15) is 5.11 Å². The maximum atomic E-state index is 11.0. The molecule has 1 N–H and O–H groups in total. The number of phenolic OH excluding ortho intramolecular Hbond substituents is 1. The Labute approximate surface area is 361 Å². The Morgan fingerprint density at radius 1 is 0.492 bits per heavy atom. The van der Waals surface area contributed by atoms with Crippen LogP contribution in [-0.2, 0) is 31.9 Å². The molecule has 0 amide bonds. The van der Waals surface area contributed by atoms with E-state index in [4.69, 9.17) is 9.97 Å². The molecular weight excluding hydrogens is 902 g/mol. The van der Waals surface area contributed by atoms with E-state index in [0.717, 1.165) is 50.5 Å². The van der Waals surface area contributed by atoms with Crippen LogP contribution in [0.3, 0.4) is 0 Å². The number of hydrogen-bond donors (Lipinski definition) is 1. The largest absolute Gasteiger partial charge is 0.507 e. The summed E-state index contributed by atoms with van der Waals surface area (Å²) < 4.78 is 2.33. The van der Waals surface area contributed by atoms with E-state index in [1.165, 1.54) is 32.9 Å². The topological polar surface area (TPSA) is 50.9 Å². The molecule has 3 heterocycles. The Hall–Kier alpha value is -6.09. The average Bonchev–Trinajstić information content (AvgIpc) is 3.57. The van der Waals surface area contributed by atoms with Crippen molar-refractivity contribution in [1.29, 1.82) is 0 Å². The Morgan fingerprint density at radius 3 is 1.80 bits per heavy atom. The number of rotatable bonds is 6. The van der Waals surface area contributed by atoms with E-state index in [1.54, 1.807) is 6.07 Å². The summed E-state index contributed by atoms with van der Waals surface area (Å²) >= 11 is 0. The molecule has 9 aromatic rings. The molecule has 0 atom stereocenters. The fourth-order valence-corrected chi connectivity index (χ4v) is 7.82. The fraction of sp³-hybridized carbons (Fsp3) is 0.148. The van der Waals surface area contributed by atoms with Gasteiger partial charge >= 0.3 is 0 Å². The Kier molecular flexibility index (Phi) is 10.5. The van der Waals surface area contributed by atoms with Gasteiger partial charge in [0, 0.05) is 60.7 Å². The number of aromatic nitrogens is 3. The number of fused-ring (bicyclic) bond motifs is 3. The molecule has 6 aromatic carbocycles. The van der Waals surface area contributed by atoms with Crippen LogP contribution in [0.1, 0.15) is 52.7 Å². The van der Waals surface area contributed by atoms with Crippen LogP contribution in [0.4, 0.5) is 0 Å². The third-order valence-corrected chi connectivity index (χ3v) is 11.1. The SMILES string of the molecule is CC(C)(C)c1cc(-c2cc(-c3[c-]c(-c4ccc(-c5ccc6c(c5)c5ccccc5n6-c5ccccc5)cn4)ccc3)nc(-c3ccccc3O)c2)cc(C(C)(C)C)c1.[Pt]. The van der Waals surface area contributed by atoms with E-state index in [2.05, 4.69) is 167 Å². The summed E-state index contributed by atoms with van der Waals surface area (Å²) in [5.74, 6) is 0.194. The summed E-state index contributed by atoms with van der Waals surface area (Å²) in [5.41, 5.74) is 15.0. The first kappa shape index (κ1) is 39.7. The molecule has 0 unspecified atom stereocenters. The van der Waals surface area contributed by atoms with Crippen molar-refractivity contribution < 1.29 is 26.2 Å². The van der Waals surface area contributed by atoms with Crippen LogP contribution in [0.5, 0.6) is 5.75 Å². The van der Waals surface area contributed by atoms with Gasteiger partial charge < -0.3 is 9.67 Å². The zero-order chi connectivity index (χ0) is 40.2. The van der Waals surface area contributed by atoms with Crippen LogP contribution < -0.4 is 0 Å². The smallest absolute Gasteiger partial charge is 0.124 e. The van der Waals surface area contributed by atoms with Gasteiger partial charge in [0.15, 0.2) is 0 Å². The van der Waals surface area contributed by atoms with Crippen LogP contribution >= 0.6 is 0 Å². The van der Waals surface area contributed by atoms with Gasteiger partial charge in [-0.05, 0) is 92.7 Å². The molecule has 0 saturated carbocycles. The molecule has 0 saturated heterocycles. The van der Waals surface area contributed by atoms with Gasteiger partial charge in [0.25, 0.3) is 0 Å². The van der Waals surface area contributed by atoms with Gasteiger partial charge in [-0.1, -0.05) is 144 Å². The first-order valence-corrected chi connectivity index (χ1v) is 20.0. The summed E-state index contributed by atoms with van der Waals surface area (Å²) in [7, 11) is 0. The molecule has 0 bridgehead atoms. The minimum atomic E-state index is -0.0351. The van der Waals surface area contributed by atoms with E-state index >= 15 is 0 Å². The fourth-order valence-electron chi connectivity index (χ4n) is 7.82. The van der Waals surface area contributed by atoms with Crippen LogP contribution in [0.15, 0.2) is 164 Å². The minimum Gasteiger partial charge on any atom is -0.507 e. The zero-order valence-electron chi connectivity index (χ0n) is 34.2. The molecule has 0 fully saturated rings. The van der Waals surface area contributed by atoms with Crippen LogP contribution in [0, 0.1) is 6.07 Å². The monoisotopic (exact) mass is 947 g/mol. The summed E-state index contributed by atoms with van der Waals surface area (Å²) in [4.78, 5) is 10.1. The third-order valence-electron chi connectivity index (χ3n) is 11.1. The molecule has 5 heteroatoms. The maximum absolute atomic E-state index is 11.0. The summed E-state index contributed by atoms with van der Waals surface area (Å²) in [5, 5.41) is 13.4. The summed E-state index contributed by atoms with van der Waals surface area (Å²) in [6, 6.07) is 58.4. The van der Waals surface area contributed by atoms with Gasteiger partial charge in [0.1, 0.15) is 5.75 Å². The van der Waals surface area contributed by atoms with E-state index in [-0.39, 0.29) is 37.6 Å². The molecular formula is C54H46N3OPt-. The predicted molar refractivity (Wildman–Crippen MR) is 241 cm³/mol. The number of pyridine rings is 2. The van der Waals surface area contributed by atoms with E-state index in [0.29, 0.717) is 11.3 Å². The third kappa shape index (κ3) is 7.78. The molecule has 59 heavy (non-hydrogen) atoms. The second kappa shape index (κ2) is 15.6. The van der Waals surface area contributed by atoms with Crippen LogP contribution in [0.25, 0.3) is 83.5 Å². The molecule has 0 aliphatic heterocycles. The molecule has 4 nitrogen and oxygen atoms in total. The van der Waals surface area contributed by atoms with Gasteiger partial charge in [-0.2, -0.15) is 0 Å². The molecule has 3 aromatic heterocycles. The second-order valence-electron chi connectivity index (χ2n) is 17.3. The van der Waals surface area contributed by atoms with Crippen molar-refractivity contribution in [1.82, 2.24) is 14.5 Å². The average molecular weight is 948 g/mol. The molecule has 0 aliphatic rings. The molecule has 0 radical (unpaired) electrons. The van der Waals surface area contributed by atoms with E-state index < -0.39 is 0 Å². The van der Waals surface area contributed by atoms with Crippen LogP contribution in [0.2, 0.25) is 0 Å². The standard InChI is InChI=1S/C54H46N3O.Pt/c1-53(2,3)41-28-39(29-42(33-41)54(4,5)6)40-31-48(56-49(32-40)45-20-11-13-22-52(45)58)37-16-14-15-36(27-37)47-25-23-38(34-55-47)35-24-26-51-46(30-35)44-19-10-12-21-50(44)57(51)43-17-8-7-9-18-43;/h7-26,28-34,58H,1-6H3;/q-1;. The van der Waals surface area contributed by atoms with Crippen molar-refractivity contribution in [2.75, 3.05) is 0 Å². The van der Waals surface area contributed by atoms with Gasteiger partial charge in [-0.3, -0.25) is 9.97 Å². The van der Waals surface area contributed by atoms with E-state index in [1.807, 2.05) is 42.6 Å². The second-order valence-corrected chi connectivity index (χ2v) is 17.3. The minimum absolute atomic E-state index is 0. The number of para-hydroxylation sites is 3. The van der Waals surface area contributed by atoms with Crippen molar-refractivity contribution in [2.45, 2.75) is 52.4 Å². The van der Waals surface area contributed by atoms with Crippen molar-refractivity contribution in [3.8, 4) is 67.5 Å². The number of phenols is 1. The Balaban J connectivity index is 0.00000484. The normalized spacial score (nSPS) is 11.8. The maximum Gasteiger partial charge on any atom is 0.124 e.